The topological polar surface area (TPSA) is 46.9 Å². The van der Waals surface area contributed by atoms with E-state index in [0.717, 1.165) is 29.1 Å². The summed E-state index contributed by atoms with van der Waals surface area (Å²) in [5.41, 5.74) is 2.20. The molecule has 4 nitrogen and oxygen atoms in total. The van der Waals surface area contributed by atoms with Crippen LogP contribution in [-0.2, 0) is 7.05 Å². The lowest BCUT2D eigenvalue weighted by Gasteiger charge is -2.59. The number of nitrogens with zero attached hydrogens (tertiary/aromatic N) is 2. The molecule has 1 N–H and O–H groups in total. The van der Waals surface area contributed by atoms with Gasteiger partial charge in [-0.2, -0.15) is 5.10 Å². The van der Waals surface area contributed by atoms with E-state index in [-0.39, 0.29) is 11.9 Å². The predicted octanol–water partition coefficient (Wildman–Crippen LogP) is 3.63. The fourth-order valence-corrected chi connectivity index (χ4v) is 6.41. The number of hydrogen-bond donors (Lipinski definition) is 1. The molecule has 4 heteroatoms. The number of amides is 1. The first-order valence-electron chi connectivity index (χ1n) is 9.87. The number of rotatable bonds is 4. The van der Waals surface area contributed by atoms with E-state index < -0.39 is 0 Å². The quantitative estimate of drug-likeness (QED) is 0.918. The maximum Gasteiger partial charge on any atom is 0.269 e. The van der Waals surface area contributed by atoms with E-state index >= 15 is 0 Å². The third-order valence-corrected chi connectivity index (χ3v) is 7.48. The Labute approximate surface area is 144 Å². The molecule has 5 aliphatic carbocycles. The number of nitrogens with one attached hydrogen (secondary N) is 1. The standard InChI is InChI=1S/C20H29N3O/c1-12(20-9-13-5-14(10-20)7-15(6-13)11-20)21-19(24)18-8-17(16-3-4-16)22-23(18)2/h8,12-16H,3-7,9-11H2,1-2H3,(H,21,24)/t12-,13?,14?,15?,20?/m1/s1. The van der Waals surface area contributed by atoms with Crippen molar-refractivity contribution in [2.45, 2.75) is 70.3 Å². The third kappa shape index (κ3) is 2.33. The van der Waals surface area contributed by atoms with Gasteiger partial charge in [-0.3, -0.25) is 9.48 Å². The Morgan fingerprint density at radius 3 is 2.33 bits per heavy atom. The lowest BCUT2D eigenvalue weighted by atomic mass is 9.48. The van der Waals surface area contributed by atoms with Crippen molar-refractivity contribution in [3.8, 4) is 0 Å². The summed E-state index contributed by atoms with van der Waals surface area (Å²) in [7, 11) is 1.90. The monoisotopic (exact) mass is 327 g/mol. The fraction of sp³-hybridized carbons (Fsp3) is 0.800. The van der Waals surface area contributed by atoms with Gasteiger partial charge in [0.2, 0.25) is 0 Å². The van der Waals surface area contributed by atoms with E-state index in [2.05, 4.69) is 17.3 Å². The van der Waals surface area contributed by atoms with Crippen LogP contribution in [0.15, 0.2) is 6.07 Å². The number of carbonyl (C=O) groups excluding carboxylic acids is 1. The molecule has 0 spiro atoms. The van der Waals surface area contributed by atoms with Crippen LogP contribution >= 0.6 is 0 Å². The molecule has 5 aliphatic rings. The van der Waals surface area contributed by atoms with Crippen molar-refractivity contribution in [2.24, 2.45) is 30.2 Å². The lowest BCUT2D eigenvalue weighted by molar-refractivity contribution is -0.0688. The molecule has 4 bridgehead atoms. The molecule has 1 aromatic heterocycles. The Balaban J connectivity index is 1.33. The minimum Gasteiger partial charge on any atom is -0.348 e. The van der Waals surface area contributed by atoms with Crippen LogP contribution in [0, 0.1) is 23.2 Å². The molecule has 1 amide bonds. The molecule has 1 aromatic rings. The van der Waals surface area contributed by atoms with Gasteiger partial charge in [0.05, 0.1) is 5.69 Å². The maximum atomic E-state index is 12.9. The van der Waals surface area contributed by atoms with Gasteiger partial charge in [-0.1, -0.05) is 0 Å². The maximum absolute atomic E-state index is 12.9. The summed E-state index contributed by atoms with van der Waals surface area (Å²) < 4.78 is 1.77. The van der Waals surface area contributed by atoms with E-state index in [4.69, 9.17) is 0 Å². The zero-order chi connectivity index (χ0) is 16.5. The third-order valence-electron chi connectivity index (χ3n) is 7.48. The highest BCUT2D eigenvalue weighted by molar-refractivity contribution is 5.93. The molecule has 1 atom stereocenters. The SMILES string of the molecule is C[C@@H](NC(=O)c1cc(C2CC2)nn1C)C12CC3CC(CC(C3)C1)C2. The van der Waals surface area contributed by atoms with Crippen molar-refractivity contribution in [1.29, 1.82) is 0 Å². The molecule has 0 aliphatic heterocycles. The van der Waals surface area contributed by atoms with Crippen molar-refractivity contribution >= 4 is 5.91 Å². The number of aromatic nitrogens is 2. The smallest absolute Gasteiger partial charge is 0.269 e. The highest BCUT2D eigenvalue weighted by Gasteiger charge is 2.53. The van der Waals surface area contributed by atoms with E-state index in [1.54, 1.807) is 4.68 Å². The van der Waals surface area contributed by atoms with Crippen molar-refractivity contribution in [3.05, 3.63) is 17.5 Å². The predicted molar refractivity (Wildman–Crippen MR) is 92.7 cm³/mol. The van der Waals surface area contributed by atoms with Crippen molar-refractivity contribution < 1.29 is 4.79 Å². The molecule has 0 radical (unpaired) electrons. The van der Waals surface area contributed by atoms with E-state index in [9.17, 15) is 4.79 Å². The van der Waals surface area contributed by atoms with Gasteiger partial charge in [-0.05, 0) is 87.5 Å². The molecule has 24 heavy (non-hydrogen) atoms. The first kappa shape index (κ1) is 15.0. The van der Waals surface area contributed by atoms with Crippen LogP contribution in [0.4, 0.5) is 0 Å². The zero-order valence-electron chi connectivity index (χ0n) is 14.9. The minimum absolute atomic E-state index is 0.0696. The van der Waals surface area contributed by atoms with Gasteiger partial charge in [0.25, 0.3) is 5.91 Å². The summed E-state index contributed by atoms with van der Waals surface area (Å²) in [5.74, 6) is 3.44. The Hall–Kier alpha value is -1.32. The van der Waals surface area contributed by atoms with E-state index in [1.165, 1.54) is 51.4 Å². The van der Waals surface area contributed by atoms with Gasteiger partial charge >= 0.3 is 0 Å². The molecular weight excluding hydrogens is 298 g/mol. The second-order valence-electron chi connectivity index (χ2n) is 9.33. The van der Waals surface area contributed by atoms with Crippen LogP contribution in [0.5, 0.6) is 0 Å². The Bertz CT molecular complexity index is 637. The summed E-state index contributed by atoms with van der Waals surface area (Å²) in [4.78, 5) is 12.9. The van der Waals surface area contributed by atoms with Crippen molar-refractivity contribution in [3.63, 3.8) is 0 Å². The largest absolute Gasteiger partial charge is 0.348 e. The second-order valence-corrected chi connectivity index (χ2v) is 9.33. The first-order valence-corrected chi connectivity index (χ1v) is 9.87. The normalized spacial score (nSPS) is 38.3. The van der Waals surface area contributed by atoms with Gasteiger partial charge in [0.15, 0.2) is 0 Å². The number of carbonyl (C=O) groups is 1. The molecule has 0 unspecified atom stereocenters. The summed E-state index contributed by atoms with van der Waals surface area (Å²) in [6, 6.07) is 2.29. The van der Waals surface area contributed by atoms with Crippen LogP contribution in [0.2, 0.25) is 0 Å². The number of aryl methyl sites for hydroxylation is 1. The summed E-state index contributed by atoms with van der Waals surface area (Å²) in [5, 5.41) is 7.92. The van der Waals surface area contributed by atoms with Crippen molar-refractivity contribution in [2.75, 3.05) is 0 Å². The molecule has 0 aromatic carbocycles. The number of hydrogen-bond acceptors (Lipinski definition) is 2. The molecule has 130 valence electrons. The first-order chi connectivity index (χ1) is 11.5. The Kier molecular flexibility index (Phi) is 3.18. The van der Waals surface area contributed by atoms with Crippen LogP contribution in [-0.4, -0.2) is 21.7 Å². The molecule has 5 saturated carbocycles. The highest BCUT2D eigenvalue weighted by Crippen LogP contribution is 2.61. The molecule has 5 fully saturated rings. The Morgan fingerprint density at radius 1 is 1.21 bits per heavy atom. The van der Waals surface area contributed by atoms with Crippen LogP contribution < -0.4 is 5.32 Å². The van der Waals surface area contributed by atoms with Gasteiger partial charge in [0.1, 0.15) is 5.69 Å². The van der Waals surface area contributed by atoms with Crippen LogP contribution in [0.25, 0.3) is 0 Å². The minimum atomic E-state index is 0.0696. The van der Waals surface area contributed by atoms with Crippen molar-refractivity contribution in [1.82, 2.24) is 15.1 Å². The van der Waals surface area contributed by atoms with Gasteiger partial charge < -0.3 is 5.32 Å². The fourth-order valence-electron chi connectivity index (χ4n) is 6.41. The zero-order valence-corrected chi connectivity index (χ0v) is 14.9. The van der Waals surface area contributed by atoms with Gasteiger partial charge in [0, 0.05) is 19.0 Å². The lowest BCUT2D eigenvalue weighted by Crippen LogP contribution is -2.55. The average molecular weight is 327 g/mol. The van der Waals surface area contributed by atoms with Gasteiger partial charge in [-0.15, -0.1) is 0 Å². The Morgan fingerprint density at radius 2 is 1.79 bits per heavy atom. The van der Waals surface area contributed by atoms with Crippen LogP contribution in [0.3, 0.4) is 0 Å². The van der Waals surface area contributed by atoms with Gasteiger partial charge in [-0.25, -0.2) is 0 Å². The molecule has 0 saturated heterocycles. The summed E-state index contributed by atoms with van der Waals surface area (Å²) in [6.07, 6.45) is 10.8. The van der Waals surface area contributed by atoms with E-state index in [0.29, 0.717) is 11.3 Å². The highest BCUT2D eigenvalue weighted by atomic mass is 16.2. The summed E-state index contributed by atoms with van der Waals surface area (Å²) >= 11 is 0. The molecular formula is C20H29N3O. The molecule has 1 heterocycles. The molecule has 6 rings (SSSR count). The summed E-state index contributed by atoms with van der Waals surface area (Å²) in [6.45, 7) is 2.25. The average Bonchev–Trinajstić information content (AvgIpc) is 3.28. The van der Waals surface area contributed by atoms with E-state index in [1.807, 2.05) is 13.1 Å². The second kappa shape index (κ2) is 5.09. The van der Waals surface area contributed by atoms with Crippen LogP contribution in [0.1, 0.15) is 80.4 Å².